The lowest BCUT2D eigenvalue weighted by molar-refractivity contribution is -0.116. The molecule has 0 N–H and O–H groups in total. The van der Waals surface area contributed by atoms with Gasteiger partial charge in [-0.25, -0.2) is 4.98 Å². The summed E-state index contributed by atoms with van der Waals surface area (Å²) in [6.07, 6.45) is 0. The maximum absolute atomic E-state index is 12.6. The molecule has 1 amide bonds. The third kappa shape index (κ3) is 4.89. The van der Waals surface area contributed by atoms with Crippen LogP contribution in [-0.2, 0) is 11.3 Å². The Labute approximate surface area is 177 Å². The third-order valence-corrected chi connectivity index (χ3v) is 4.70. The van der Waals surface area contributed by atoms with Gasteiger partial charge in [-0.3, -0.25) is 4.79 Å². The molecule has 0 fully saturated rings. The Balaban J connectivity index is 2.00. The standard InChI is InChI=1S/C24H26N2O4/c1-16-6-9-20(10-7-16)30-24-22(12-8-17(2)25-24)26(18(3)27)15-19-14-21(28-4)11-13-23(19)29-5/h6-14H,15H2,1-5H3. The van der Waals surface area contributed by atoms with E-state index >= 15 is 0 Å². The number of hydrogen-bond acceptors (Lipinski definition) is 5. The summed E-state index contributed by atoms with van der Waals surface area (Å²) in [7, 11) is 3.20. The fraction of sp³-hybridized carbons (Fsp3) is 0.250. The second-order valence-electron chi connectivity index (χ2n) is 6.97. The van der Waals surface area contributed by atoms with E-state index in [9.17, 15) is 4.79 Å². The Morgan fingerprint density at radius 1 is 0.933 bits per heavy atom. The molecule has 6 heteroatoms. The van der Waals surface area contributed by atoms with Crippen molar-refractivity contribution in [3.8, 4) is 23.1 Å². The van der Waals surface area contributed by atoms with Crippen molar-refractivity contribution in [3.05, 3.63) is 71.4 Å². The van der Waals surface area contributed by atoms with Gasteiger partial charge in [-0.1, -0.05) is 17.7 Å². The molecule has 0 aliphatic carbocycles. The van der Waals surface area contributed by atoms with Gasteiger partial charge in [0.1, 0.15) is 22.9 Å². The number of benzene rings is 2. The average molecular weight is 406 g/mol. The average Bonchev–Trinajstić information content (AvgIpc) is 2.74. The molecule has 0 saturated heterocycles. The van der Waals surface area contributed by atoms with E-state index in [-0.39, 0.29) is 12.5 Å². The Morgan fingerprint density at radius 2 is 1.63 bits per heavy atom. The minimum absolute atomic E-state index is 0.140. The van der Waals surface area contributed by atoms with Crippen LogP contribution in [0.4, 0.5) is 5.69 Å². The first-order valence-electron chi connectivity index (χ1n) is 9.62. The number of carbonyl (C=O) groups excluding carboxylic acids is 1. The quantitative estimate of drug-likeness (QED) is 0.549. The molecule has 0 radical (unpaired) electrons. The molecule has 0 aliphatic heterocycles. The summed E-state index contributed by atoms with van der Waals surface area (Å²) in [6.45, 7) is 5.70. The number of ether oxygens (including phenoxy) is 3. The highest BCUT2D eigenvalue weighted by Gasteiger charge is 2.21. The Kier molecular flexibility index (Phi) is 6.57. The van der Waals surface area contributed by atoms with Gasteiger partial charge in [-0.05, 0) is 56.3 Å². The Hall–Kier alpha value is -3.54. The third-order valence-electron chi connectivity index (χ3n) is 4.70. The highest BCUT2D eigenvalue weighted by molar-refractivity contribution is 5.92. The number of amides is 1. The van der Waals surface area contributed by atoms with E-state index in [1.807, 2.05) is 68.4 Å². The number of pyridine rings is 1. The zero-order valence-electron chi connectivity index (χ0n) is 17.9. The van der Waals surface area contributed by atoms with E-state index in [0.29, 0.717) is 28.8 Å². The van der Waals surface area contributed by atoms with Crippen molar-refractivity contribution >= 4 is 11.6 Å². The van der Waals surface area contributed by atoms with E-state index in [2.05, 4.69) is 4.98 Å². The largest absolute Gasteiger partial charge is 0.497 e. The minimum Gasteiger partial charge on any atom is -0.497 e. The first kappa shape index (κ1) is 21.2. The van der Waals surface area contributed by atoms with E-state index in [1.54, 1.807) is 19.1 Å². The number of rotatable bonds is 7. The SMILES string of the molecule is COc1ccc(OC)c(CN(C(C)=O)c2ccc(C)nc2Oc2ccc(C)cc2)c1. The predicted octanol–water partition coefficient (Wildman–Crippen LogP) is 5.06. The minimum atomic E-state index is -0.140. The van der Waals surface area contributed by atoms with Crippen LogP contribution in [0.1, 0.15) is 23.7 Å². The molecule has 6 nitrogen and oxygen atoms in total. The highest BCUT2D eigenvalue weighted by Crippen LogP contribution is 2.34. The topological polar surface area (TPSA) is 60.9 Å². The molecule has 1 heterocycles. The number of aromatic nitrogens is 1. The highest BCUT2D eigenvalue weighted by atomic mass is 16.5. The Bertz CT molecular complexity index is 1030. The molecule has 3 aromatic rings. The summed E-state index contributed by atoms with van der Waals surface area (Å²) < 4.78 is 16.9. The first-order chi connectivity index (χ1) is 14.4. The molecule has 0 unspecified atom stereocenters. The van der Waals surface area contributed by atoms with E-state index in [0.717, 1.165) is 16.8 Å². The molecule has 0 saturated carbocycles. The number of hydrogen-bond donors (Lipinski definition) is 0. The smallest absolute Gasteiger partial charge is 0.243 e. The summed E-state index contributed by atoms with van der Waals surface area (Å²) in [5.74, 6) is 2.24. The summed E-state index contributed by atoms with van der Waals surface area (Å²) in [4.78, 5) is 18.8. The second-order valence-corrected chi connectivity index (χ2v) is 6.97. The number of methoxy groups -OCH3 is 2. The van der Waals surface area contributed by atoms with E-state index in [1.165, 1.54) is 6.92 Å². The summed E-state index contributed by atoms with van der Waals surface area (Å²) in [5.41, 5.74) is 3.33. The summed E-state index contributed by atoms with van der Waals surface area (Å²) in [6, 6.07) is 16.9. The van der Waals surface area contributed by atoms with Crippen molar-refractivity contribution in [3.63, 3.8) is 0 Å². The van der Waals surface area contributed by atoms with Crippen LogP contribution in [0, 0.1) is 13.8 Å². The van der Waals surface area contributed by atoms with Gasteiger partial charge in [-0.15, -0.1) is 0 Å². The first-order valence-corrected chi connectivity index (χ1v) is 9.62. The molecule has 0 atom stereocenters. The molecule has 2 aromatic carbocycles. The molecular weight excluding hydrogens is 380 g/mol. The number of nitrogens with zero attached hydrogens (tertiary/aromatic N) is 2. The van der Waals surface area contributed by atoms with Gasteiger partial charge >= 0.3 is 0 Å². The van der Waals surface area contributed by atoms with Gasteiger partial charge in [0.25, 0.3) is 0 Å². The normalized spacial score (nSPS) is 10.4. The molecule has 0 aliphatic rings. The lowest BCUT2D eigenvalue weighted by Crippen LogP contribution is -2.28. The van der Waals surface area contributed by atoms with Crippen LogP contribution in [0.15, 0.2) is 54.6 Å². The van der Waals surface area contributed by atoms with Gasteiger partial charge in [0.15, 0.2) is 0 Å². The van der Waals surface area contributed by atoms with Crippen LogP contribution in [-0.4, -0.2) is 25.1 Å². The van der Waals surface area contributed by atoms with Crippen LogP contribution in [0.2, 0.25) is 0 Å². The van der Waals surface area contributed by atoms with Gasteiger partial charge in [0, 0.05) is 18.2 Å². The second kappa shape index (κ2) is 9.31. The van der Waals surface area contributed by atoms with Crippen molar-refractivity contribution in [2.24, 2.45) is 0 Å². The van der Waals surface area contributed by atoms with E-state index < -0.39 is 0 Å². The van der Waals surface area contributed by atoms with Crippen LogP contribution in [0.5, 0.6) is 23.1 Å². The van der Waals surface area contributed by atoms with Crippen LogP contribution < -0.4 is 19.1 Å². The van der Waals surface area contributed by atoms with Crippen molar-refractivity contribution in [1.29, 1.82) is 0 Å². The fourth-order valence-corrected chi connectivity index (χ4v) is 3.07. The van der Waals surface area contributed by atoms with Crippen LogP contribution >= 0.6 is 0 Å². The van der Waals surface area contributed by atoms with Gasteiger partial charge in [0.05, 0.1) is 20.8 Å². The van der Waals surface area contributed by atoms with Crippen molar-refractivity contribution in [2.45, 2.75) is 27.3 Å². The maximum atomic E-state index is 12.6. The summed E-state index contributed by atoms with van der Waals surface area (Å²) >= 11 is 0. The van der Waals surface area contributed by atoms with Gasteiger partial charge in [-0.2, -0.15) is 0 Å². The van der Waals surface area contributed by atoms with Crippen molar-refractivity contribution in [1.82, 2.24) is 4.98 Å². The molecule has 0 spiro atoms. The van der Waals surface area contributed by atoms with Crippen molar-refractivity contribution in [2.75, 3.05) is 19.1 Å². The lowest BCUT2D eigenvalue weighted by Gasteiger charge is -2.24. The van der Waals surface area contributed by atoms with E-state index in [4.69, 9.17) is 14.2 Å². The van der Waals surface area contributed by atoms with Crippen LogP contribution in [0.25, 0.3) is 0 Å². The molecule has 156 valence electrons. The van der Waals surface area contributed by atoms with Gasteiger partial charge in [0.2, 0.25) is 11.8 Å². The fourth-order valence-electron chi connectivity index (χ4n) is 3.07. The molecule has 0 bridgehead atoms. The number of aryl methyl sites for hydroxylation is 2. The maximum Gasteiger partial charge on any atom is 0.243 e. The molecular formula is C24H26N2O4. The molecule has 30 heavy (non-hydrogen) atoms. The zero-order chi connectivity index (χ0) is 21.7. The lowest BCUT2D eigenvalue weighted by atomic mass is 10.1. The molecule has 3 rings (SSSR count). The van der Waals surface area contributed by atoms with Crippen molar-refractivity contribution < 1.29 is 19.0 Å². The van der Waals surface area contributed by atoms with Crippen LogP contribution in [0.3, 0.4) is 0 Å². The summed E-state index contributed by atoms with van der Waals surface area (Å²) in [5, 5.41) is 0. The molecule has 1 aromatic heterocycles. The monoisotopic (exact) mass is 406 g/mol. The van der Waals surface area contributed by atoms with Gasteiger partial charge < -0.3 is 19.1 Å². The number of carbonyl (C=O) groups is 1. The zero-order valence-corrected chi connectivity index (χ0v) is 17.9. The number of anilines is 1. The predicted molar refractivity (Wildman–Crippen MR) is 117 cm³/mol. The Morgan fingerprint density at radius 3 is 2.27 bits per heavy atom.